The topological polar surface area (TPSA) is 89.0 Å². The van der Waals surface area contributed by atoms with E-state index in [-0.39, 0.29) is 6.03 Å². The van der Waals surface area contributed by atoms with E-state index in [1.807, 2.05) is 12.1 Å². The monoisotopic (exact) mass is 287 g/mol. The number of amides is 2. The number of nitrogens with zero attached hydrogens (tertiary/aromatic N) is 3. The third kappa shape index (κ3) is 4.50. The summed E-state index contributed by atoms with van der Waals surface area (Å²) in [5, 5.41) is 5.42. The smallest absolute Gasteiger partial charge is 0.315 e. The average Bonchev–Trinajstić information content (AvgIpc) is 2.54. The van der Waals surface area contributed by atoms with Gasteiger partial charge in [0, 0.05) is 44.0 Å². The van der Waals surface area contributed by atoms with Crippen LogP contribution in [0.1, 0.15) is 5.69 Å². The number of aromatic nitrogens is 3. The van der Waals surface area contributed by atoms with Crippen molar-refractivity contribution in [2.45, 2.75) is 6.54 Å². The minimum absolute atomic E-state index is 0.265. The summed E-state index contributed by atoms with van der Waals surface area (Å²) in [5.74, 6) is 0. The molecule has 2 amide bonds. The minimum Gasteiger partial charge on any atom is -0.383 e. The van der Waals surface area contributed by atoms with Crippen molar-refractivity contribution in [3.63, 3.8) is 0 Å². The zero-order chi connectivity index (χ0) is 14.9. The lowest BCUT2D eigenvalue weighted by Crippen LogP contribution is -2.37. The van der Waals surface area contributed by atoms with Crippen molar-refractivity contribution in [3.05, 3.63) is 42.6 Å². The molecule has 0 atom stereocenters. The normalized spacial score (nSPS) is 10.1. The van der Waals surface area contributed by atoms with Crippen LogP contribution in [0.15, 0.2) is 36.9 Å². The molecule has 21 heavy (non-hydrogen) atoms. The molecule has 2 heterocycles. The second kappa shape index (κ2) is 7.91. The Hall–Kier alpha value is -2.54. The van der Waals surface area contributed by atoms with E-state index in [9.17, 15) is 4.79 Å². The predicted molar refractivity (Wildman–Crippen MR) is 77.4 cm³/mol. The first-order chi connectivity index (χ1) is 10.3. The van der Waals surface area contributed by atoms with Gasteiger partial charge in [-0.2, -0.15) is 0 Å². The fraction of sp³-hybridized carbons (Fsp3) is 0.286. The molecule has 2 aromatic rings. The van der Waals surface area contributed by atoms with E-state index in [0.717, 1.165) is 11.3 Å². The second-order valence-electron chi connectivity index (χ2n) is 4.19. The summed E-state index contributed by atoms with van der Waals surface area (Å²) in [7, 11) is 1.58. The van der Waals surface area contributed by atoms with Crippen molar-refractivity contribution >= 4 is 6.03 Å². The van der Waals surface area contributed by atoms with Gasteiger partial charge < -0.3 is 15.4 Å². The molecule has 2 aromatic heterocycles. The Kier molecular flexibility index (Phi) is 5.60. The zero-order valence-electron chi connectivity index (χ0n) is 11.7. The molecule has 2 rings (SSSR count). The van der Waals surface area contributed by atoms with E-state index in [4.69, 9.17) is 4.74 Å². The standard InChI is InChI=1S/C14H17N5O2/c1-21-9-8-18-14(20)19-10-12-13(17-7-6-16-12)11-2-4-15-5-3-11/h2-7H,8-10H2,1H3,(H2,18,19,20). The number of rotatable bonds is 6. The summed E-state index contributed by atoms with van der Waals surface area (Å²) < 4.78 is 4.86. The van der Waals surface area contributed by atoms with Gasteiger partial charge in [0.25, 0.3) is 0 Å². The molecule has 0 bridgehead atoms. The van der Waals surface area contributed by atoms with Crippen LogP contribution in [0.5, 0.6) is 0 Å². The largest absolute Gasteiger partial charge is 0.383 e. The van der Waals surface area contributed by atoms with Gasteiger partial charge in [-0.05, 0) is 12.1 Å². The molecule has 0 aliphatic carbocycles. The maximum Gasteiger partial charge on any atom is 0.315 e. The van der Waals surface area contributed by atoms with Crippen LogP contribution >= 0.6 is 0 Å². The van der Waals surface area contributed by atoms with E-state index in [2.05, 4.69) is 25.6 Å². The first kappa shape index (κ1) is 14.9. The Morgan fingerprint density at radius 3 is 2.67 bits per heavy atom. The first-order valence-corrected chi connectivity index (χ1v) is 6.52. The van der Waals surface area contributed by atoms with Crippen molar-refractivity contribution in [3.8, 4) is 11.3 Å². The minimum atomic E-state index is -0.265. The quantitative estimate of drug-likeness (QED) is 0.773. The Labute approximate surface area is 122 Å². The highest BCUT2D eigenvalue weighted by molar-refractivity contribution is 5.74. The van der Waals surface area contributed by atoms with Crippen molar-refractivity contribution in [2.75, 3.05) is 20.3 Å². The Morgan fingerprint density at radius 2 is 1.90 bits per heavy atom. The number of hydrogen-bond acceptors (Lipinski definition) is 5. The van der Waals surface area contributed by atoms with E-state index in [0.29, 0.717) is 25.4 Å². The number of hydrogen-bond donors (Lipinski definition) is 2. The van der Waals surface area contributed by atoms with Crippen LogP contribution < -0.4 is 10.6 Å². The van der Waals surface area contributed by atoms with Gasteiger partial charge in [0.2, 0.25) is 0 Å². The highest BCUT2D eigenvalue weighted by atomic mass is 16.5. The molecular weight excluding hydrogens is 270 g/mol. The van der Waals surface area contributed by atoms with Gasteiger partial charge >= 0.3 is 6.03 Å². The Balaban J connectivity index is 1.99. The Bertz CT molecular complexity index is 577. The first-order valence-electron chi connectivity index (χ1n) is 6.52. The van der Waals surface area contributed by atoms with Crippen molar-refractivity contribution in [1.82, 2.24) is 25.6 Å². The Morgan fingerprint density at radius 1 is 1.14 bits per heavy atom. The molecule has 0 fully saturated rings. The summed E-state index contributed by atoms with van der Waals surface area (Å²) >= 11 is 0. The van der Waals surface area contributed by atoms with Crippen molar-refractivity contribution in [1.29, 1.82) is 0 Å². The van der Waals surface area contributed by atoms with E-state index in [1.54, 1.807) is 31.9 Å². The molecule has 0 unspecified atom stereocenters. The fourth-order valence-corrected chi connectivity index (χ4v) is 1.74. The molecule has 0 saturated heterocycles. The lowest BCUT2D eigenvalue weighted by atomic mass is 10.1. The van der Waals surface area contributed by atoms with E-state index >= 15 is 0 Å². The van der Waals surface area contributed by atoms with Crippen LogP contribution in [0, 0.1) is 0 Å². The SMILES string of the molecule is COCCNC(=O)NCc1nccnc1-c1ccncc1. The number of pyridine rings is 1. The van der Waals surface area contributed by atoms with Gasteiger partial charge in [-0.15, -0.1) is 0 Å². The highest BCUT2D eigenvalue weighted by Gasteiger charge is 2.08. The highest BCUT2D eigenvalue weighted by Crippen LogP contribution is 2.18. The molecule has 7 nitrogen and oxygen atoms in total. The summed E-state index contributed by atoms with van der Waals surface area (Å²) in [6.45, 7) is 1.23. The number of ether oxygens (including phenoxy) is 1. The van der Waals surface area contributed by atoms with Crippen molar-refractivity contribution in [2.24, 2.45) is 0 Å². The molecule has 0 radical (unpaired) electrons. The fourth-order valence-electron chi connectivity index (χ4n) is 1.74. The van der Waals surface area contributed by atoms with Gasteiger partial charge in [0.15, 0.2) is 0 Å². The molecule has 0 saturated carbocycles. The predicted octanol–water partition coefficient (Wildman–Crippen LogP) is 0.984. The molecule has 110 valence electrons. The van der Waals surface area contributed by atoms with Gasteiger partial charge in [-0.25, -0.2) is 4.79 Å². The van der Waals surface area contributed by atoms with E-state index in [1.165, 1.54) is 0 Å². The number of carbonyl (C=O) groups is 1. The van der Waals surface area contributed by atoms with Gasteiger partial charge in [-0.3, -0.25) is 15.0 Å². The number of methoxy groups -OCH3 is 1. The van der Waals surface area contributed by atoms with Gasteiger partial charge in [0.05, 0.1) is 24.5 Å². The summed E-state index contributed by atoms with van der Waals surface area (Å²) in [6.07, 6.45) is 6.61. The molecular formula is C14H17N5O2. The molecule has 2 N–H and O–H groups in total. The molecule has 0 spiro atoms. The molecule has 0 aliphatic rings. The van der Waals surface area contributed by atoms with E-state index < -0.39 is 0 Å². The maximum atomic E-state index is 11.6. The van der Waals surface area contributed by atoms with Gasteiger partial charge in [0.1, 0.15) is 0 Å². The lowest BCUT2D eigenvalue weighted by molar-refractivity contribution is 0.196. The van der Waals surface area contributed by atoms with Crippen LogP contribution in [0.3, 0.4) is 0 Å². The average molecular weight is 287 g/mol. The third-order valence-corrected chi connectivity index (χ3v) is 2.74. The number of urea groups is 1. The number of nitrogens with one attached hydrogen (secondary N) is 2. The zero-order valence-corrected chi connectivity index (χ0v) is 11.7. The van der Waals surface area contributed by atoms with Crippen LogP contribution in [-0.2, 0) is 11.3 Å². The summed E-state index contributed by atoms with van der Waals surface area (Å²) in [6, 6.07) is 3.44. The van der Waals surface area contributed by atoms with Crippen molar-refractivity contribution < 1.29 is 9.53 Å². The number of carbonyl (C=O) groups excluding carboxylic acids is 1. The molecule has 0 aromatic carbocycles. The second-order valence-corrected chi connectivity index (χ2v) is 4.19. The summed E-state index contributed by atoms with van der Waals surface area (Å²) in [4.78, 5) is 24.2. The van der Waals surface area contributed by atoms with Crippen LogP contribution in [-0.4, -0.2) is 41.2 Å². The van der Waals surface area contributed by atoms with Crippen LogP contribution in [0.4, 0.5) is 4.79 Å². The maximum absolute atomic E-state index is 11.6. The lowest BCUT2D eigenvalue weighted by Gasteiger charge is -2.09. The van der Waals surface area contributed by atoms with Gasteiger partial charge in [-0.1, -0.05) is 0 Å². The van der Waals surface area contributed by atoms with Crippen LogP contribution in [0.25, 0.3) is 11.3 Å². The molecule has 0 aliphatic heterocycles. The van der Waals surface area contributed by atoms with Crippen LogP contribution in [0.2, 0.25) is 0 Å². The summed E-state index contributed by atoms with van der Waals surface area (Å²) in [5.41, 5.74) is 2.34. The molecule has 7 heteroatoms. The third-order valence-electron chi connectivity index (χ3n) is 2.74.